The van der Waals surface area contributed by atoms with Crippen LogP contribution in [0.1, 0.15) is 12.0 Å². The molecule has 6 heteroatoms. The molecule has 5 nitrogen and oxygen atoms in total. The molecule has 0 saturated carbocycles. The molecule has 0 radical (unpaired) electrons. The van der Waals surface area contributed by atoms with E-state index in [4.69, 9.17) is 5.11 Å². The van der Waals surface area contributed by atoms with E-state index in [1.54, 1.807) is 0 Å². The predicted octanol–water partition coefficient (Wildman–Crippen LogP) is -1.14. The van der Waals surface area contributed by atoms with Crippen LogP contribution in [0.2, 0.25) is 0 Å². The van der Waals surface area contributed by atoms with Crippen molar-refractivity contribution in [1.29, 1.82) is 0 Å². The lowest BCUT2D eigenvalue weighted by atomic mass is 10.2. The molecule has 22 heavy (non-hydrogen) atoms. The fraction of sp³-hybridized carbons (Fsp3) is 0.562. The summed E-state index contributed by atoms with van der Waals surface area (Å²) in [6.07, 6.45) is 0.555. The molecule has 0 aliphatic carbocycles. The van der Waals surface area contributed by atoms with Crippen molar-refractivity contribution >= 4 is 27.5 Å². The lowest BCUT2D eigenvalue weighted by Crippen LogP contribution is -3.28. The number of hydrogen-bond donors (Lipinski definition) is 4. The van der Waals surface area contributed by atoms with E-state index in [1.165, 1.54) is 9.80 Å². The van der Waals surface area contributed by atoms with Gasteiger partial charge in [-0.2, -0.15) is 0 Å². The van der Waals surface area contributed by atoms with Crippen LogP contribution in [-0.2, 0) is 4.79 Å². The SMILES string of the molecule is Cc1cc(NC(=O)CC[NH+]2CC[NH+](CCO)CC2)ccc1Br. The summed E-state index contributed by atoms with van der Waals surface area (Å²) in [6.45, 7) is 8.34. The standard InChI is InChI=1S/C16H24BrN3O2/c1-13-12-14(2-3-15(13)17)18-16(22)4-5-19-6-8-20(9-7-19)10-11-21/h2-3,12,21H,4-11H2,1H3,(H,18,22)/p+2. The highest BCUT2D eigenvalue weighted by molar-refractivity contribution is 9.10. The van der Waals surface area contributed by atoms with Crippen molar-refractivity contribution in [2.24, 2.45) is 0 Å². The van der Waals surface area contributed by atoms with Crippen molar-refractivity contribution in [3.8, 4) is 0 Å². The van der Waals surface area contributed by atoms with Gasteiger partial charge in [-0.05, 0) is 30.7 Å². The molecule has 1 aromatic rings. The van der Waals surface area contributed by atoms with Gasteiger partial charge < -0.3 is 20.2 Å². The molecule has 0 atom stereocenters. The summed E-state index contributed by atoms with van der Waals surface area (Å²) in [4.78, 5) is 15.0. The molecule has 1 saturated heterocycles. The predicted molar refractivity (Wildman–Crippen MR) is 90.3 cm³/mol. The number of amides is 1. The fourth-order valence-corrected chi connectivity index (χ4v) is 3.10. The van der Waals surface area contributed by atoms with Crippen LogP contribution in [0.25, 0.3) is 0 Å². The van der Waals surface area contributed by atoms with E-state index in [2.05, 4.69) is 21.2 Å². The average Bonchev–Trinajstić information content (AvgIpc) is 2.51. The monoisotopic (exact) mass is 371 g/mol. The highest BCUT2D eigenvalue weighted by Gasteiger charge is 2.22. The molecular weight excluding hydrogens is 346 g/mol. The molecule has 0 unspecified atom stereocenters. The third-order valence-electron chi connectivity index (χ3n) is 4.28. The van der Waals surface area contributed by atoms with E-state index in [-0.39, 0.29) is 12.5 Å². The summed E-state index contributed by atoms with van der Waals surface area (Å²) in [7, 11) is 0. The van der Waals surface area contributed by atoms with Crippen molar-refractivity contribution in [2.45, 2.75) is 13.3 Å². The molecule has 2 rings (SSSR count). The molecule has 0 spiro atoms. The van der Waals surface area contributed by atoms with Gasteiger partial charge in [0.2, 0.25) is 5.91 Å². The molecule has 0 bridgehead atoms. The number of aliphatic hydroxyl groups excluding tert-OH is 1. The zero-order valence-corrected chi connectivity index (χ0v) is 14.7. The minimum atomic E-state index is 0.0827. The topological polar surface area (TPSA) is 58.2 Å². The highest BCUT2D eigenvalue weighted by atomic mass is 79.9. The zero-order valence-electron chi connectivity index (χ0n) is 13.1. The summed E-state index contributed by atoms with van der Waals surface area (Å²) in [5, 5.41) is 11.9. The Labute approximate surface area is 140 Å². The molecule has 1 aliphatic rings. The normalized spacial score (nSPS) is 21.6. The number of piperazine rings is 1. The Hall–Kier alpha value is -0.950. The van der Waals surface area contributed by atoms with Gasteiger partial charge in [-0.15, -0.1) is 0 Å². The van der Waals surface area contributed by atoms with Gasteiger partial charge in [0.1, 0.15) is 32.7 Å². The first-order valence-electron chi connectivity index (χ1n) is 7.92. The number of hydrogen-bond acceptors (Lipinski definition) is 2. The maximum absolute atomic E-state index is 12.0. The second kappa shape index (κ2) is 8.62. The molecule has 122 valence electrons. The maximum Gasteiger partial charge on any atom is 0.230 e. The van der Waals surface area contributed by atoms with E-state index >= 15 is 0 Å². The lowest BCUT2D eigenvalue weighted by Gasteiger charge is -2.29. The van der Waals surface area contributed by atoms with Gasteiger partial charge in [-0.3, -0.25) is 4.79 Å². The Morgan fingerprint density at radius 2 is 1.86 bits per heavy atom. The molecule has 1 aliphatic heterocycles. The molecule has 1 amide bonds. The Morgan fingerprint density at radius 1 is 1.23 bits per heavy atom. The van der Waals surface area contributed by atoms with Gasteiger partial charge in [-0.25, -0.2) is 0 Å². The van der Waals surface area contributed by atoms with Gasteiger partial charge in [0.05, 0.1) is 19.6 Å². The number of aliphatic hydroxyl groups is 1. The van der Waals surface area contributed by atoms with Crippen molar-refractivity contribution < 1.29 is 19.7 Å². The Balaban J connectivity index is 1.71. The summed E-state index contributed by atoms with van der Waals surface area (Å²) >= 11 is 3.46. The molecule has 4 N–H and O–H groups in total. The van der Waals surface area contributed by atoms with Crippen LogP contribution in [-0.4, -0.2) is 56.9 Å². The minimum Gasteiger partial charge on any atom is -0.391 e. The second-order valence-electron chi connectivity index (χ2n) is 5.99. The highest BCUT2D eigenvalue weighted by Crippen LogP contribution is 2.19. The first-order valence-corrected chi connectivity index (χ1v) is 8.72. The molecule has 1 aromatic carbocycles. The number of anilines is 1. The minimum absolute atomic E-state index is 0.0827. The first kappa shape index (κ1) is 17.4. The maximum atomic E-state index is 12.0. The van der Waals surface area contributed by atoms with Crippen LogP contribution in [0, 0.1) is 6.92 Å². The van der Waals surface area contributed by atoms with Gasteiger partial charge >= 0.3 is 0 Å². The van der Waals surface area contributed by atoms with Crippen LogP contribution in [0.4, 0.5) is 5.69 Å². The Morgan fingerprint density at radius 3 is 2.45 bits per heavy atom. The van der Waals surface area contributed by atoms with E-state index < -0.39 is 0 Å². The summed E-state index contributed by atoms with van der Waals surface area (Å²) in [5.74, 6) is 0.0827. The quantitative estimate of drug-likeness (QED) is 0.511. The summed E-state index contributed by atoms with van der Waals surface area (Å²) in [6, 6.07) is 5.85. The van der Waals surface area contributed by atoms with Gasteiger partial charge in [0, 0.05) is 10.2 Å². The second-order valence-corrected chi connectivity index (χ2v) is 6.84. The van der Waals surface area contributed by atoms with E-state index in [0.29, 0.717) is 6.42 Å². The van der Waals surface area contributed by atoms with Gasteiger partial charge in [-0.1, -0.05) is 15.9 Å². The Bertz CT molecular complexity index is 502. The molecule has 0 aromatic heterocycles. The summed E-state index contributed by atoms with van der Waals surface area (Å²) in [5.41, 5.74) is 1.98. The fourth-order valence-electron chi connectivity index (χ4n) is 2.85. The summed E-state index contributed by atoms with van der Waals surface area (Å²) < 4.78 is 1.05. The third kappa shape index (κ3) is 5.35. The smallest absolute Gasteiger partial charge is 0.230 e. The number of benzene rings is 1. The Kier molecular flexibility index (Phi) is 6.82. The van der Waals surface area contributed by atoms with Crippen LogP contribution >= 0.6 is 15.9 Å². The first-order chi connectivity index (χ1) is 10.6. The average molecular weight is 372 g/mol. The molecular formula is C16H26BrN3O2+2. The third-order valence-corrected chi connectivity index (χ3v) is 5.17. The largest absolute Gasteiger partial charge is 0.391 e. The van der Waals surface area contributed by atoms with Crippen LogP contribution < -0.4 is 15.1 Å². The van der Waals surface area contributed by atoms with Crippen molar-refractivity contribution in [3.63, 3.8) is 0 Å². The van der Waals surface area contributed by atoms with Crippen LogP contribution in [0.15, 0.2) is 22.7 Å². The molecule has 1 fully saturated rings. The van der Waals surface area contributed by atoms with E-state index in [0.717, 1.165) is 55.0 Å². The number of carbonyl (C=O) groups is 1. The number of carbonyl (C=O) groups excluding carboxylic acids is 1. The van der Waals surface area contributed by atoms with Crippen molar-refractivity contribution in [2.75, 3.05) is 51.2 Å². The molecule has 1 heterocycles. The lowest BCUT2D eigenvalue weighted by molar-refractivity contribution is -1.01. The number of nitrogens with one attached hydrogen (secondary N) is 3. The van der Waals surface area contributed by atoms with E-state index in [1.807, 2.05) is 25.1 Å². The van der Waals surface area contributed by atoms with Crippen molar-refractivity contribution in [3.05, 3.63) is 28.2 Å². The number of aryl methyl sites for hydroxylation is 1. The zero-order chi connectivity index (χ0) is 15.9. The van der Waals surface area contributed by atoms with Crippen molar-refractivity contribution in [1.82, 2.24) is 0 Å². The number of halogens is 1. The number of quaternary nitrogens is 2. The van der Waals surface area contributed by atoms with E-state index in [9.17, 15) is 4.79 Å². The van der Waals surface area contributed by atoms with Gasteiger partial charge in [0.25, 0.3) is 0 Å². The van der Waals surface area contributed by atoms with Crippen LogP contribution in [0.5, 0.6) is 0 Å². The van der Waals surface area contributed by atoms with Gasteiger partial charge in [0.15, 0.2) is 0 Å². The van der Waals surface area contributed by atoms with Crippen LogP contribution in [0.3, 0.4) is 0 Å². The number of rotatable bonds is 6.